The summed E-state index contributed by atoms with van der Waals surface area (Å²) >= 11 is 1.53. The Labute approximate surface area is 152 Å². The average molecular weight is 369 g/mol. The van der Waals surface area contributed by atoms with E-state index in [9.17, 15) is 9.59 Å². The van der Waals surface area contributed by atoms with Crippen LogP contribution in [0.3, 0.4) is 0 Å². The first-order chi connectivity index (χ1) is 12.0. The summed E-state index contributed by atoms with van der Waals surface area (Å²) in [7, 11) is 0. The van der Waals surface area contributed by atoms with Gasteiger partial charge in [-0.3, -0.25) is 9.59 Å². The molecule has 3 rings (SSSR count). The number of hydrogen-bond donors (Lipinski definition) is 2. The molecule has 0 aromatic carbocycles. The van der Waals surface area contributed by atoms with Gasteiger partial charge < -0.3 is 20.7 Å². The Bertz CT molecular complexity index is 607. The van der Waals surface area contributed by atoms with Gasteiger partial charge in [-0.1, -0.05) is 33.1 Å². The number of primary amides is 2. The van der Waals surface area contributed by atoms with Gasteiger partial charge in [0.2, 0.25) is 11.7 Å². The number of thioether (sulfide) groups is 1. The summed E-state index contributed by atoms with van der Waals surface area (Å²) in [6.45, 7) is 4.16. The fraction of sp³-hybridized carbons (Fsp3) is 0.706. The minimum atomic E-state index is -0.666. The molecule has 2 saturated carbocycles. The van der Waals surface area contributed by atoms with Crippen molar-refractivity contribution < 1.29 is 18.8 Å². The molecule has 0 aliphatic heterocycles. The molecule has 0 spiro atoms. The molecule has 0 atom stereocenters. The SMILES string of the molecule is CC.NC(=O)c1onc(OCC2(C(N)=O)CCC2)c1SC1CCCC1. The topological polar surface area (TPSA) is 121 Å². The van der Waals surface area contributed by atoms with Crippen LogP contribution in [-0.4, -0.2) is 28.8 Å². The van der Waals surface area contributed by atoms with Crippen LogP contribution in [0.25, 0.3) is 0 Å². The van der Waals surface area contributed by atoms with Crippen LogP contribution in [0, 0.1) is 5.41 Å². The van der Waals surface area contributed by atoms with Crippen molar-refractivity contribution in [1.29, 1.82) is 0 Å². The van der Waals surface area contributed by atoms with E-state index in [1.165, 1.54) is 24.6 Å². The van der Waals surface area contributed by atoms with Crippen LogP contribution in [0.15, 0.2) is 9.42 Å². The highest BCUT2D eigenvalue weighted by Gasteiger charge is 2.44. The van der Waals surface area contributed by atoms with Gasteiger partial charge >= 0.3 is 0 Å². The molecule has 1 aromatic heterocycles. The normalized spacial score (nSPS) is 18.8. The minimum Gasteiger partial charge on any atom is -0.474 e. The van der Waals surface area contributed by atoms with E-state index in [0.717, 1.165) is 19.3 Å². The lowest BCUT2D eigenvalue weighted by Crippen LogP contribution is -2.47. The number of aromatic nitrogens is 1. The van der Waals surface area contributed by atoms with E-state index in [1.54, 1.807) is 0 Å². The van der Waals surface area contributed by atoms with Crippen molar-refractivity contribution in [3.8, 4) is 5.88 Å². The molecular weight excluding hydrogens is 342 g/mol. The lowest BCUT2D eigenvalue weighted by atomic mass is 9.69. The van der Waals surface area contributed by atoms with E-state index in [0.29, 0.717) is 23.0 Å². The van der Waals surface area contributed by atoms with Gasteiger partial charge in [0.05, 0.1) is 5.41 Å². The molecule has 0 unspecified atom stereocenters. The molecule has 4 N–H and O–H groups in total. The first kappa shape index (κ1) is 19.6. The second kappa shape index (κ2) is 8.60. The third-order valence-electron chi connectivity index (χ3n) is 4.75. The second-order valence-electron chi connectivity index (χ2n) is 6.32. The number of nitrogens with zero attached hydrogens (tertiary/aromatic N) is 1. The van der Waals surface area contributed by atoms with Gasteiger partial charge in [0, 0.05) is 5.25 Å². The Morgan fingerprint density at radius 3 is 2.36 bits per heavy atom. The average Bonchev–Trinajstić information content (AvgIpc) is 3.18. The lowest BCUT2D eigenvalue weighted by Gasteiger charge is -2.37. The number of nitrogens with two attached hydrogens (primary N) is 2. The third-order valence-corrected chi connectivity index (χ3v) is 6.15. The summed E-state index contributed by atoms with van der Waals surface area (Å²) in [5, 5.41) is 4.24. The quantitative estimate of drug-likeness (QED) is 0.762. The van der Waals surface area contributed by atoms with Crippen LogP contribution in [0.4, 0.5) is 0 Å². The van der Waals surface area contributed by atoms with Crippen molar-refractivity contribution in [3.63, 3.8) is 0 Å². The zero-order chi connectivity index (χ0) is 18.4. The van der Waals surface area contributed by atoms with Crippen molar-refractivity contribution in [2.45, 2.75) is 68.9 Å². The number of ether oxygens (including phenoxy) is 1. The van der Waals surface area contributed by atoms with Gasteiger partial charge in [0.1, 0.15) is 11.5 Å². The molecule has 25 heavy (non-hydrogen) atoms. The molecule has 7 nitrogen and oxygen atoms in total. The standard InChI is InChI=1S/C15H21N3O4S.C2H6/c16-12(19)10-11(23-9-4-1-2-5-9)13(18-22-10)21-8-15(14(17)20)6-3-7-15;1-2/h9H,1-8H2,(H2,16,19)(H2,17,20);1-2H3. The van der Waals surface area contributed by atoms with E-state index < -0.39 is 11.3 Å². The van der Waals surface area contributed by atoms with Crippen molar-refractivity contribution in [1.82, 2.24) is 5.16 Å². The van der Waals surface area contributed by atoms with E-state index in [4.69, 9.17) is 20.7 Å². The number of rotatable bonds is 7. The molecule has 2 amide bonds. The van der Waals surface area contributed by atoms with E-state index in [2.05, 4.69) is 5.16 Å². The van der Waals surface area contributed by atoms with E-state index >= 15 is 0 Å². The van der Waals surface area contributed by atoms with Crippen molar-refractivity contribution in [2.24, 2.45) is 16.9 Å². The molecule has 0 bridgehead atoms. The summed E-state index contributed by atoms with van der Waals surface area (Å²) in [5.41, 5.74) is 10.2. The highest BCUT2D eigenvalue weighted by Crippen LogP contribution is 2.44. The van der Waals surface area contributed by atoms with Crippen molar-refractivity contribution >= 4 is 23.6 Å². The van der Waals surface area contributed by atoms with Crippen LogP contribution in [0.1, 0.15) is 69.3 Å². The maximum absolute atomic E-state index is 11.6. The van der Waals surface area contributed by atoms with Crippen LogP contribution >= 0.6 is 11.8 Å². The largest absolute Gasteiger partial charge is 0.474 e. The Morgan fingerprint density at radius 1 is 1.24 bits per heavy atom. The Kier molecular flexibility index (Phi) is 6.75. The van der Waals surface area contributed by atoms with Gasteiger partial charge in [0.15, 0.2) is 0 Å². The molecule has 2 aliphatic rings. The first-order valence-corrected chi connectivity index (χ1v) is 9.79. The summed E-state index contributed by atoms with van der Waals surface area (Å²) in [6, 6.07) is 0. The molecule has 2 fully saturated rings. The number of carbonyl (C=O) groups excluding carboxylic acids is 2. The zero-order valence-corrected chi connectivity index (χ0v) is 15.7. The minimum absolute atomic E-state index is 0.0265. The Balaban J connectivity index is 0.00000109. The summed E-state index contributed by atoms with van der Waals surface area (Å²) in [4.78, 5) is 23.7. The predicted molar refractivity (Wildman–Crippen MR) is 95.5 cm³/mol. The maximum atomic E-state index is 11.6. The van der Waals surface area contributed by atoms with Gasteiger partial charge in [0.25, 0.3) is 11.8 Å². The Hall–Kier alpha value is -1.70. The number of amides is 2. The zero-order valence-electron chi connectivity index (χ0n) is 14.9. The molecule has 1 heterocycles. The third kappa shape index (κ3) is 4.29. The highest BCUT2D eigenvalue weighted by atomic mass is 32.2. The Morgan fingerprint density at radius 2 is 1.88 bits per heavy atom. The second-order valence-corrected chi connectivity index (χ2v) is 7.63. The van der Waals surface area contributed by atoms with Gasteiger partial charge in [-0.15, -0.1) is 11.8 Å². The van der Waals surface area contributed by atoms with E-state index in [1.807, 2.05) is 13.8 Å². The van der Waals surface area contributed by atoms with Crippen LogP contribution < -0.4 is 16.2 Å². The maximum Gasteiger partial charge on any atom is 0.288 e. The number of hydrogen-bond acceptors (Lipinski definition) is 6. The first-order valence-electron chi connectivity index (χ1n) is 8.91. The predicted octanol–water partition coefficient (Wildman–Crippen LogP) is 2.87. The van der Waals surface area contributed by atoms with Crippen molar-refractivity contribution in [2.75, 3.05) is 6.61 Å². The smallest absolute Gasteiger partial charge is 0.288 e. The van der Waals surface area contributed by atoms with Gasteiger partial charge in [-0.05, 0) is 30.8 Å². The van der Waals surface area contributed by atoms with E-state index in [-0.39, 0.29) is 24.2 Å². The molecule has 1 aromatic rings. The summed E-state index contributed by atoms with van der Waals surface area (Å²) in [6.07, 6.45) is 6.91. The molecule has 140 valence electrons. The molecule has 0 saturated heterocycles. The van der Waals surface area contributed by atoms with Gasteiger partial charge in [-0.2, -0.15) is 0 Å². The van der Waals surface area contributed by atoms with Crippen molar-refractivity contribution in [3.05, 3.63) is 5.76 Å². The molecule has 2 aliphatic carbocycles. The van der Waals surface area contributed by atoms with Crippen LogP contribution in [0.5, 0.6) is 5.88 Å². The van der Waals surface area contributed by atoms with Gasteiger partial charge in [-0.25, -0.2) is 0 Å². The fourth-order valence-corrected chi connectivity index (χ4v) is 4.41. The molecular formula is C17H27N3O4S. The highest BCUT2D eigenvalue weighted by molar-refractivity contribution is 8.00. The summed E-state index contributed by atoms with van der Waals surface area (Å²) in [5.74, 6) is -0.754. The fourth-order valence-electron chi connectivity index (χ4n) is 3.06. The van der Waals surface area contributed by atoms with Crippen LogP contribution in [-0.2, 0) is 4.79 Å². The van der Waals surface area contributed by atoms with Crippen LogP contribution in [0.2, 0.25) is 0 Å². The monoisotopic (exact) mass is 369 g/mol. The lowest BCUT2D eigenvalue weighted by molar-refractivity contribution is -0.135. The molecule has 8 heteroatoms. The molecule has 0 radical (unpaired) electrons. The number of carbonyl (C=O) groups is 2. The summed E-state index contributed by atoms with van der Waals surface area (Å²) < 4.78 is 10.8.